The fourth-order valence-electron chi connectivity index (χ4n) is 3.37. The number of allylic oxidation sites excluding steroid dienone is 2. The summed E-state index contributed by atoms with van der Waals surface area (Å²) in [7, 11) is 0. The molecule has 0 aliphatic rings. The van der Waals surface area contributed by atoms with Gasteiger partial charge in [0.2, 0.25) is 0 Å². The molecule has 2 aromatic carbocycles. The largest absolute Gasteiger partial charge is 0.396 e. The molecule has 0 fully saturated rings. The van der Waals surface area contributed by atoms with Crippen molar-refractivity contribution in [2.45, 2.75) is 26.7 Å². The van der Waals surface area contributed by atoms with Crippen LogP contribution in [0.5, 0.6) is 0 Å². The average Bonchev–Trinajstić information content (AvgIpc) is 2.61. The molecule has 0 amide bonds. The number of aliphatic hydroxyl groups excluding tert-OH is 2. The van der Waals surface area contributed by atoms with E-state index < -0.39 is 5.41 Å². The Morgan fingerprint density at radius 3 is 1.44 bits per heavy atom. The summed E-state index contributed by atoms with van der Waals surface area (Å²) in [5.41, 5.74) is 5.65. The van der Waals surface area contributed by atoms with E-state index in [0.717, 1.165) is 33.4 Å². The second-order valence-corrected chi connectivity index (χ2v) is 7.01. The smallest absolute Gasteiger partial charge is 0.0515 e. The summed E-state index contributed by atoms with van der Waals surface area (Å²) in [6.07, 6.45) is 1.05. The maximum absolute atomic E-state index is 10.1. The van der Waals surface area contributed by atoms with Crippen LogP contribution >= 0.6 is 0 Å². The van der Waals surface area contributed by atoms with Crippen LogP contribution in [-0.2, 0) is 0 Å². The molecule has 2 N–H and O–H groups in total. The molecule has 0 saturated carbocycles. The highest BCUT2D eigenvalue weighted by molar-refractivity contribution is 5.69. The lowest BCUT2D eigenvalue weighted by Crippen LogP contribution is -2.30. The van der Waals surface area contributed by atoms with Crippen molar-refractivity contribution < 1.29 is 10.2 Å². The van der Waals surface area contributed by atoms with Crippen LogP contribution in [0.15, 0.2) is 61.7 Å². The summed E-state index contributed by atoms with van der Waals surface area (Å²) in [4.78, 5) is 0. The predicted molar refractivity (Wildman–Crippen MR) is 106 cm³/mol. The van der Waals surface area contributed by atoms with Crippen LogP contribution < -0.4 is 0 Å². The van der Waals surface area contributed by atoms with Crippen molar-refractivity contribution in [3.63, 3.8) is 0 Å². The Kier molecular flexibility index (Phi) is 6.35. The Bertz CT molecular complexity index is 693. The third-order valence-electron chi connectivity index (χ3n) is 4.90. The Morgan fingerprint density at radius 1 is 0.760 bits per heavy atom. The van der Waals surface area contributed by atoms with E-state index in [0.29, 0.717) is 12.8 Å². The number of hydrogen-bond acceptors (Lipinski definition) is 2. The predicted octanol–water partition coefficient (Wildman–Crippen LogP) is 4.78. The summed E-state index contributed by atoms with van der Waals surface area (Å²) in [6.45, 7) is 12.3. The van der Waals surface area contributed by atoms with Gasteiger partial charge in [0, 0.05) is 5.41 Å². The monoisotopic (exact) mass is 336 g/mol. The molecule has 2 nitrogen and oxygen atoms in total. The minimum absolute atomic E-state index is 0.112. The van der Waals surface area contributed by atoms with Crippen molar-refractivity contribution in [3.8, 4) is 0 Å². The Morgan fingerprint density at radius 2 is 1.12 bits per heavy atom. The zero-order valence-corrected chi connectivity index (χ0v) is 15.3. The van der Waals surface area contributed by atoms with Crippen molar-refractivity contribution in [1.82, 2.24) is 0 Å². The first kappa shape index (κ1) is 19.2. The number of rotatable bonds is 8. The summed E-state index contributed by atoms with van der Waals surface area (Å²) in [5.74, 6) is 0. The molecule has 0 aliphatic carbocycles. The van der Waals surface area contributed by atoms with Gasteiger partial charge in [0.25, 0.3) is 0 Å². The molecule has 0 spiro atoms. The molecular formula is C23H28O2. The standard InChI is InChI=1S/C23H28O2/c1-17-9-5-7-11-21(17)19(3)13-23(15-24,16-25)14-20(4)22-12-8-6-10-18(22)2/h5-12,24-25H,3-4,13-16H2,1-2H3. The first-order valence-corrected chi connectivity index (χ1v) is 8.62. The zero-order valence-electron chi connectivity index (χ0n) is 15.3. The second kappa shape index (κ2) is 8.28. The molecule has 2 rings (SSSR count). The lowest BCUT2D eigenvalue weighted by molar-refractivity contribution is 0.0630. The Labute approximate surface area is 151 Å². The van der Waals surface area contributed by atoms with Crippen LogP contribution in [0.4, 0.5) is 0 Å². The van der Waals surface area contributed by atoms with Gasteiger partial charge < -0.3 is 10.2 Å². The van der Waals surface area contributed by atoms with Gasteiger partial charge in [-0.05, 0) is 60.1 Å². The number of benzene rings is 2. The van der Waals surface area contributed by atoms with E-state index in [2.05, 4.69) is 13.2 Å². The molecule has 0 atom stereocenters. The lowest BCUT2D eigenvalue weighted by atomic mass is 9.75. The molecule has 0 radical (unpaired) electrons. The van der Waals surface area contributed by atoms with E-state index >= 15 is 0 Å². The normalized spacial score (nSPS) is 11.4. The quantitative estimate of drug-likeness (QED) is 0.728. The molecule has 0 heterocycles. The van der Waals surface area contributed by atoms with Crippen LogP contribution in [0.1, 0.15) is 35.1 Å². The van der Waals surface area contributed by atoms with Crippen LogP contribution in [0.3, 0.4) is 0 Å². The maximum Gasteiger partial charge on any atom is 0.0515 e. The molecule has 0 saturated heterocycles. The van der Waals surface area contributed by atoms with Gasteiger partial charge in [0.1, 0.15) is 0 Å². The molecule has 2 aromatic rings. The molecule has 132 valence electrons. The van der Waals surface area contributed by atoms with Crippen LogP contribution in [-0.4, -0.2) is 23.4 Å². The van der Waals surface area contributed by atoms with Crippen molar-refractivity contribution in [2.24, 2.45) is 5.41 Å². The lowest BCUT2D eigenvalue weighted by Gasteiger charge is -2.32. The molecule has 0 aromatic heterocycles. The van der Waals surface area contributed by atoms with Crippen LogP contribution in [0.2, 0.25) is 0 Å². The molecule has 0 aliphatic heterocycles. The minimum Gasteiger partial charge on any atom is -0.396 e. The first-order chi connectivity index (χ1) is 11.9. The van der Waals surface area contributed by atoms with Crippen LogP contribution in [0.25, 0.3) is 11.1 Å². The maximum atomic E-state index is 10.1. The molecule has 0 unspecified atom stereocenters. The second-order valence-electron chi connectivity index (χ2n) is 7.01. The zero-order chi connectivity index (χ0) is 18.4. The third-order valence-corrected chi connectivity index (χ3v) is 4.90. The molecule has 0 bridgehead atoms. The molecule has 2 heteroatoms. The van der Waals surface area contributed by atoms with Crippen molar-refractivity contribution in [3.05, 3.63) is 83.9 Å². The average molecular weight is 336 g/mol. The number of aliphatic hydroxyl groups is 2. The van der Waals surface area contributed by atoms with E-state index in [9.17, 15) is 10.2 Å². The summed E-state index contributed by atoms with van der Waals surface area (Å²) < 4.78 is 0. The third kappa shape index (κ3) is 4.47. The minimum atomic E-state index is -0.668. The Balaban J connectivity index is 2.23. The van der Waals surface area contributed by atoms with Gasteiger partial charge in [-0.1, -0.05) is 61.7 Å². The van der Waals surface area contributed by atoms with E-state index in [1.165, 1.54) is 0 Å². The van der Waals surface area contributed by atoms with E-state index in [4.69, 9.17) is 0 Å². The van der Waals surface area contributed by atoms with Gasteiger partial charge in [-0.25, -0.2) is 0 Å². The fraction of sp³-hybridized carbons (Fsp3) is 0.304. The van der Waals surface area contributed by atoms with E-state index in [1.54, 1.807) is 0 Å². The van der Waals surface area contributed by atoms with Gasteiger partial charge in [0.15, 0.2) is 0 Å². The van der Waals surface area contributed by atoms with Crippen molar-refractivity contribution >= 4 is 11.1 Å². The first-order valence-electron chi connectivity index (χ1n) is 8.62. The Hall–Kier alpha value is -2.16. The van der Waals surface area contributed by atoms with Gasteiger partial charge in [-0.2, -0.15) is 0 Å². The number of hydrogen-bond donors (Lipinski definition) is 2. The fourth-order valence-corrected chi connectivity index (χ4v) is 3.37. The number of aryl methyl sites for hydroxylation is 2. The van der Waals surface area contributed by atoms with E-state index in [-0.39, 0.29) is 13.2 Å². The highest BCUT2D eigenvalue weighted by Crippen LogP contribution is 2.38. The van der Waals surface area contributed by atoms with Gasteiger partial charge in [0.05, 0.1) is 13.2 Å². The van der Waals surface area contributed by atoms with E-state index in [1.807, 2.05) is 62.4 Å². The van der Waals surface area contributed by atoms with Gasteiger partial charge in [-0.3, -0.25) is 0 Å². The van der Waals surface area contributed by atoms with Gasteiger partial charge in [-0.15, -0.1) is 0 Å². The highest BCUT2D eigenvalue weighted by Gasteiger charge is 2.31. The highest BCUT2D eigenvalue weighted by atomic mass is 16.3. The summed E-state index contributed by atoms with van der Waals surface area (Å²) >= 11 is 0. The van der Waals surface area contributed by atoms with Crippen molar-refractivity contribution in [1.29, 1.82) is 0 Å². The topological polar surface area (TPSA) is 40.5 Å². The molecular weight excluding hydrogens is 308 g/mol. The summed E-state index contributed by atoms with van der Waals surface area (Å²) in [6, 6.07) is 16.1. The van der Waals surface area contributed by atoms with Crippen molar-refractivity contribution in [2.75, 3.05) is 13.2 Å². The van der Waals surface area contributed by atoms with Gasteiger partial charge >= 0.3 is 0 Å². The molecule has 25 heavy (non-hydrogen) atoms. The SMILES string of the molecule is C=C(CC(CO)(CO)CC(=C)c1ccccc1C)c1ccccc1C. The van der Waals surface area contributed by atoms with Crippen LogP contribution in [0, 0.1) is 19.3 Å². The summed E-state index contributed by atoms with van der Waals surface area (Å²) in [5, 5.41) is 20.1.